The van der Waals surface area contributed by atoms with Gasteiger partial charge < -0.3 is 4.52 Å². The number of hydrogen-bond donors (Lipinski definition) is 1. The van der Waals surface area contributed by atoms with E-state index < -0.39 is 10.0 Å². The Kier molecular flexibility index (Phi) is 5.05. The molecular weight excluding hydrogens is 380 g/mol. The molecule has 10 heteroatoms. The van der Waals surface area contributed by atoms with E-state index in [1.165, 1.54) is 6.20 Å². The highest BCUT2D eigenvalue weighted by Crippen LogP contribution is 2.33. The Morgan fingerprint density at radius 1 is 1.32 bits per heavy atom. The number of nitrogens with one attached hydrogen (secondary N) is 1. The van der Waals surface area contributed by atoms with E-state index in [0.29, 0.717) is 17.3 Å². The normalized spacial score (nSPS) is 17.7. The number of pyridine rings is 2. The fraction of sp³-hybridized carbons (Fsp3) is 0.333. The van der Waals surface area contributed by atoms with Gasteiger partial charge in [-0.15, -0.1) is 0 Å². The minimum absolute atomic E-state index is 0.0527. The molecule has 3 aromatic rings. The number of aromatic nitrogens is 4. The van der Waals surface area contributed by atoms with Crippen LogP contribution < -0.4 is 4.72 Å². The Hall–Kier alpha value is -2.85. The third kappa shape index (κ3) is 4.34. The van der Waals surface area contributed by atoms with Crippen LogP contribution in [0.1, 0.15) is 30.3 Å². The van der Waals surface area contributed by atoms with E-state index in [2.05, 4.69) is 35.8 Å². The molecule has 0 radical (unpaired) electrons. The molecule has 0 amide bonds. The van der Waals surface area contributed by atoms with E-state index in [-0.39, 0.29) is 11.9 Å². The zero-order valence-corrected chi connectivity index (χ0v) is 16.1. The summed E-state index contributed by atoms with van der Waals surface area (Å²) in [7, 11) is -3.41. The van der Waals surface area contributed by atoms with Gasteiger partial charge in [0.05, 0.1) is 12.3 Å². The van der Waals surface area contributed by atoms with Gasteiger partial charge in [-0.3, -0.25) is 14.6 Å². The first-order valence-corrected chi connectivity index (χ1v) is 10.8. The lowest BCUT2D eigenvalue weighted by Gasteiger charge is -2.21. The molecular formula is C18H20N6O3S. The summed E-state index contributed by atoms with van der Waals surface area (Å²) in [5.74, 6) is 1.18. The molecule has 4 heterocycles. The first-order valence-electron chi connectivity index (χ1n) is 8.89. The second kappa shape index (κ2) is 7.64. The van der Waals surface area contributed by atoms with Crippen molar-refractivity contribution in [1.29, 1.82) is 0 Å². The van der Waals surface area contributed by atoms with Crippen molar-refractivity contribution in [2.45, 2.75) is 25.4 Å². The second-order valence-corrected chi connectivity index (χ2v) is 8.50. The fourth-order valence-corrected chi connectivity index (χ4v) is 3.82. The highest BCUT2D eigenvalue weighted by Gasteiger charge is 2.30. The molecule has 0 aliphatic carbocycles. The van der Waals surface area contributed by atoms with Crippen molar-refractivity contribution in [2.75, 3.05) is 17.5 Å². The molecule has 4 rings (SSSR count). The molecule has 146 valence electrons. The Bertz CT molecular complexity index is 1050. The third-order valence-corrected chi connectivity index (χ3v) is 5.09. The first-order chi connectivity index (χ1) is 13.5. The van der Waals surface area contributed by atoms with Crippen molar-refractivity contribution in [2.24, 2.45) is 0 Å². The van der Waals surface area contributed by atoms with Crippen LogP contribution in [0.3, 0.4) is 0 Å². The molecule has 1 aliphatic heterocycles. The molecule has 0 bridgehead atoms. The molecule has 1 fully saturated rings. The summed E-state index contributed by atoms with van der Waals surface area (Å²) in [6.07, 6.45) is 8.20. The van der Waals surface area contributed by atoms with E-state index in [0.717, 1.165) is 37.8 Å². The minimum Gasteiger partial charge on any atom is -0.337 e. The van der Waals surface area contributed by atoms with Gasteiger partial charge in [0.25, 0.3) is 0 Å². The molecule has 1 atom stereocenters. The van der Waals surface area contributed by atoms with Crippen LogP contribution >= 0.6 is 0 Å². The van der Waals surface area contributed by atoms with Crippen LogP contribution in [0.25, 0.3) is 11.4 Å². The summed E-state index contributed by atoms with van der Waals surface area (Å²) in [5.41, 5.74) is 1.77. The number of likely N-dealkylation sites (tertiary alicyclic amines) is 1. The van der Waals surface area contributed by atoms with E-state index in [9.17, 15) is 8.42 Å². The Balaban J connectivity index is 1.53. The maximum atomic E-state index is 11.4. The topological polar surface area (TPSA) is 114 Å². The van der Waals surface area contributed by atoms with Crippen LogP contribution in [-0.4, -0.2) is 46.2 Å². The lowest BCUT2D eigenvalue weighted by atomic mass is 10.2. The lowest BCUT2D eigenvalue weighted by Crippen LogP contribution is -2.23. The van der Waals surface area contributed by atoms with Crippen molar-refractivity contribution in [3.63, 3.8) is 0 Å². The van der Waals surface area contributed by atoms with Gasteiger partial charge in [0.2, 0.25) is 21.7 Å². The molecule has 0 unspecified atom stereocenters. The summed E-state index contributed by atoms with van der Waals surface area (Å²) in [4.78, 5) is 15.0. The smallest absolute Gasteiger partial charge is 0.244 e. The average molecular weight is 400 g/mol. The van der Waals surface area contributed by atoms with Crippen molar-refractivity contribution < 1.29 is 12.9 Å². The molecule has 0 spiro atoms. The number of anilines is 1. The Labute approximate surface area is 162 Å². The molecule has 28 heavy (non-hydrogen) atoms. The van der Waals surface area contributed by atoms with Crippen molar-refractivity contribution >= 4 is 15.8 Å². The average Bonchev–Trinajstić information content (AvgIpc) is 3.30. The van der Waals surface area contributed by atoms with Gasteiger partial charge in [-0.05, 0) is 43.1 Å². The van der Waals surface area contributed by atoms with Gasteiger partial charge in [-0.1, -0.05) is 11.2 Å². The van der Waals surface area contributed by atoms with E-state index in [1.807, 2.05) is 12.3 Å². The van der Waals surface area contributed by atoms with Crippen LogP contribution in [0.4, 0.5) is 5.82 Å². The molecule has 1 saturated heterocycles. The number of nitrogens with zero attached hydrogens (tertiary/aromatic N) is 5. The third-order valence-electron chi connectivity index (χ3n) is 4.51. The Morgan fingerprint density at radius 3 is 3.00 bits per heavy atom. The zero-order valence-electron chi connectivity index (χ0n) is 15.3. The molecule has 0 saturated carbocycles. The predicted molar refractivity (Wildman–Crippen MR) is 103 cm³/mol. The van der Waals surface area contributed by atoms with E-state index in [1.54, 1.807) is 18.3 Å². The van der Waals surface area contributed by atoms with Gasteiger partial charge in [-0.2, -0.15) is 4.98 Å². The largest absolute Gasteiger partial charge is 0.337 e. The lowest BCUT2D eigenvalue weighted by molar-refractivity contribution is 0.201. The maximum absolute atomic E-state index is 11.4. The summed E-state index contributed by atoms with van der Waals surface area (Å²) < 4.78 is 30.7. The highest BCUT2D eigenvalue weighted by molar-refractivity contribution is 7.92. The highest BCUT2D eigenvalue weighted by atomic mass is 32.2. The van der Waals surface area contributed by atoms with Gasteiger partial charge in [0, 0.05) is 30.7 Å². The molecule has 1 N–H and O–H groups in total. The van der Waals surface area contributed by atoms with Crippen LogP contribution in [-0.2, 0) is 16.6 Å². The van der Waals surface area contributed by atoms with Crippen LogP contribution in [0.2, 0.25) is 0 Å². The van der Waals surface area contributed by atoms with Gasteiger partial charge in [0.1, 0.15) is 5.82 Å². The summed E-state index contributed by atoms with van der Waals surface area (Å²) >= 11 is 0. The quantitative estimate of drug-likeness (QED) is 0.670. The maximum Gasteiger partial charge on any atom is 0.244 e. The van der Waals surface area contributed by atoms with Crippen molar-refractivity contribution in [3.8, 4) is 11.4 Å². The Morgan fingerprint density at radius 2 is 2.21 bits per heavy atom. The SMILES string of the molecule is CS(=O)(=O)Nc1cc(-c2noc([C@@H]3CCCN3Cc3cccnc3)n2)ccn1. The summed E-state index contributed by atoms with van der Waals surface area (Å²) in [6, 6.07) is 7.32. The molecule has 9 nitrogen and oxygen atoms in total. The van der Waals surface area contributed by atoms with Crippen molar-refractivity contribution in [3.05, 3.63) is 54.3 Å². The number of hydrogen-bond acceptors (Lipinski definition) is 8. The molecule has 1 aliphatic rings. The van der Waals surface area contributed by atoms with Crippen molar-refractivity contribution in [1.82, 2.24) is 25.0 Å². The standard InChI is InChI=1S/C18H20N6O3S/c1-28(25,26)23-16-10-14(6-8-20-16)17-21-18(27-22-17)15-5-3-9-24(15)12-13-4-2-7-19-11-13/h2,4,6-8,10-11,15H,3,5,9,12H2,1H3,(H,20,23)/t15-/m0/s1. The predicted octanol–water partition coefficient (Wildman–Crippen LogP) is 2.24. The zero-order chi connectivity index (χ0) is 19.6. The first kappa shape index (κ1) is 18.5. The van der Waals surface area contributed by atoms with Gasteiger partial charge in [-0.25, -0.2) is 13.4 Å². The number of rotatable bonds is 6. The molecule has 3 aromatic heterocycles. The summed E-state index contributed by atoms with van der Waals surface area (Å²) in [6.45, 7) is 1.73. The second-order valence-electron chi connectivity index (χ2n) is 6.75. The monoisotopic (exact) mass is 400 g/mol. The number of sulfonamides is 1. The minimum atomic E-state index is -3.41. The summed E-state index contributed by atoms with van der Waals surface area (Å²) in [5, 5.41) is 4.08. The van der Waals surface area contributed by atoms with Gasteiger partial charge in [0.15, 0.2) is 0 Å². The van der Waals surface area contributed by atoms with Crippen LogP contribution in [0.5, 0.6) is 0 Å². The molecule has 0 aromatic carbocycles. The van der Waals surface area contributed by atoms with E-state index >= 15 is 0 Å². The van der Waals surface area contributed by atoms with E-state index in [4.69, 9.17) is 4.52 Å². The van der Waals surface area contributed by atoms with Crippen LogP contribution in [0.15, 0.2) is 47.4 Å². The van der Waals surface area contributed by atoms with Gasteiger partial charge >= 0.3 is 0 Å². The fourth-order valence-electron chi connectivity index (χ4n) is 3.32. The van der Waals surface area contributed by atoms with Crippen LogP contribution in [0, 0.1) is 0 Å².